The van der Waals surface area contributed by atoms with Gasteiger partial charge in [0.25, 0.3) is 0 Å². The largest absolute Gasteiger partial charge is 0.481 e. The van der Waals surface area contributed by atoms with Crippen molar-refractivity contribution in [1.82, 2.24) is 10.1 Å². The highest BCUT2D eigenvalue weighted by atomic mass is 35.5. The summed E-state index contributed by atoms with van der Waals surface area (Å²) in [5, 5.41) is 13.5. The van der Waals surface area contributed by atoms with E-state index in [1.165, 1.54) is 0 Å². The van der Waals surface area contributed by atoms with E-state index in [2.05, 4.69) is 5.16 Å². The summed E-state index contributed by atoms with van der Waals surface area (Å²) in [7, 11) is 0. The van der Waals surface area contributed by atoms with Crippen molar-refractivity contribution in [3.63, 3.8) is 0 Å². The Kier molecular flexibility index (Phi) is 6.04. The van der Waals surface area contributed by atoms with E-state index in [1.54, 1.807) is 11.0 Å². The van der Waals surface area contributed by atoms with Crippen molar-refractivity contribution in [3.8, 4) is 0 Å². The number of likely N-dealkylation sites (tertiary alicyclic amines) is 1. The zero-order chi connectivity index (χ0) is 17.7. The first-order valence-electron chi connectivity index (χ1n) is 8.08. The first-order chi connectivity index (χ1) is 11.3. The SMILES string of the molecule is CC(C)=CCC1(C(=O)O)CCCN(C(=O)CCc2cc(Cl)no2)C1. The van der Waals surface area contributed by atoms with E-state index in [1.807, 2.05) is 19.9 Å². The lowest BCUT2D eigenvalue weighted by Gasteiger charge is -2.39. The Morgan fingerprint density at radius 3 is 2.83 bits per heavy atom. The van der Waals surface area contributed by atoms with Crippen molar-refractivity contribution in [2.75, 3.05) is 13.1 Å². The van der Waals surface area contributed by atoms with Gasteiger partial charge in [-0.15, -0.1) is 0 Å². The molecule has 132 valence electrons. The highest BCUT2D eigenvalue weighted by Crippen LogP contribution is 2.35. The summed E-state index contributed by atoms with van der Waals surface area (Å²) < 4.78 is 4.99. The number of aliphatic carboxylic acids is 1. The van der Waals surface area contributed by atoms with E-state index in [-0.39, 0.29) is 24.0 Å². The molecule has 1 aromatic heterocycles. The van der Waals surface area contributed by atoms with Crippen molar-refractivity contribution in [2.24, 2.45) is 5.41 Å². The van der Waals surface area contributed by atoms with E-state index >= 15 is 0 Å². The van der Waals surface area contributed by atoms with Crippen LogP contribution >= 0.6 is 11.6 Å². The maximum absolute atomic E-state index is 12.4. The molecule has 0 spiro atoms. The fourth-order valence-corrected chi connectivity index (χ4v) is 3.12. The van der Waals surface area contributed by atoms with E-state index in [0.29, 0.717) is 38.0 Å². The number of carbonyl (C=O) groups is 2. The Morgan fingerprint density at radius 2 is 2.25 bits per heavy atom. The molecule has 1 fully saturated rings. The van der Waals surface area contributed by atoms with E-state index < -0.39 is 11.4 Å². The number of hydrogen-bond donors (Lipinski definition) is 1. The highest BCUT2D eigenvalue weighted by molar-refractivity contribution is 6.29. The Bertz CT molecular complexity index is 636. The molecule has 0 radical (unpaired) electrons. The molecule has 7 heteroatoms. The quantitative estimate of drug-likeness (QED) is 0.792. The molecule has 6 nitrogen and oxygen atoms in total. The van der Waals surface area contributed by atoms with Gasteiger partial charge in [-0.1, -0.05) is 28.4 Å². The zero-order valence-corrected chi connectivity index (χ0v) is 14.8. The maximum atomic E-state index is 12.4. The predicted molar refractivity (Wildman–Crippen MR) is 89.8 cm³/mol. The number of nitrogens with zero attached hydrogens (tertiary/aromatic N) is 2. The molecule has 1 atom stereocenters. The number of carbonyl (C=O) groups excluding carboxylic acids is 1. The molecular formula is C17H23ClN2O4. The summed E-state index contributed by atoms with van der Waals surface area (Å²) in [6.07, 6.45) is 4.34. The van der Waals surface area contributed by atoms with Crippen LogP contribution in [0.4, 0.5) is 0 Å². The van der Waals surface area contributed by atoms with Gasteiger partial charge in [-0.25, -0.2) is 0 Å². The van der Waals surface area contributed by atoms with Crippen molar-refractivity contribution in [3.05, 3.63) is 28.6 Å². The number of piperidine rings is 1. The summed E-state index contributed by atoms with van der Waals surface area (Å²) in [5.74, 6) is -0.344. The maximum Gasteiger partial charge on any atom is 0.311 e. The van der Waals surface area contributed by atoms with Crippen LogP contribution < -0.4 is 0 Å². The second kappa shape index (κ2) is 7.83. The van der Waals surface area contributed by atoms with Gasteiger partial charge in [-0.2, -0.15) is 0 Å². The molecule has 1 aliphatic heterocycles. The number of rotatable bonds is 6. The topological polar surface area (TPSA) is 83.6 Å². The van der Waals surface area contributed by atoms with Crippen molar-refractivity contribution in [2.45, 2.75) is 46.0 Å². The van der Waals surface area contributed by atoms with Gasteiger partial charge in [0.1, 0.15) is 5.76 Å². The van der Waals surface area contributed by atoms with Gasteiger partial charge in [-0.3, -0.25) is 9.59 Å². The van der Waals surface area contributed by atoms with Crippen LogP contribution in [0.2, 0.25) is 5.15 Å². The first kappa shape index (κ1) is 18.5. The average Bonchev–Trinajstić information content (AvgIpc) is 2.96. The van der Waals surface area contributed by atoms with Crippen LogP contribution in [0.3, 0.4) is 0 Å². The summed E-state index contributed by atoms with van der Waals surface area (Å²) >= 11 is 5.69. The van der Waals surface area contributed by atoms with E-state index in [0.717, 1.165) is 5.57 Å². The third-order valence-corrected chi connectivity index (χ3v) is 4.58. The van der Waals surface area contributed by atoms with Gasteiger partial charge in [0.05, 0.1) is 5.41 Å². The lowest BCUT2D eigenvalue weighted by Crippen LogP contribution is -2.49. The molecule has 2 rings (SSSR count). The van der Waals surface area contributed by atoms with Crippen LogP contribution in [-0.4, -0.2) is 40.1 Å². The van der Waals surface area contributed by atoms with Gasteiger partial charge >= 0.3 is 5.97 Å². The standard InChI is InChI=1S/C17H23ClN2O4/c1-12(2)6-8-17(16(22)23)7-3-9-20(11-17)15(21)5-4-13-10-14(18)19-24-13/h6,10H,3-5,7-9,11H2,1-2H3,(H,22,23). The monoisotopic (exact) mass is 354 g/mol. The smallest absolute Gasteiger partial charge is 0.311 e. The summed E-state index contributed by atoms with van der Waals surface area (Å²) in [6, 6.07) is 1.58. The summed E-state index contributed by atoms with van der Waals surface area (Å²) in [5.41, 5.74) is 0.196. The van der Waals surface area contributed by atoms with Crippen LogP contribution in [0.15, 0.2) is 22.2 Å². The molecule has 1 aromatic rings. The van der Waals surface area contributed by atoms with Gasteiger partial charge in [0.15, 0.2) is 5.15 Å². The van der Waals surface area contributed by atoms with E-state index in [9.17, 15) is 14.7 Å². The van der Waals surface area contributed by atoms with Crippen LogP contribution in [0.1, 0.15) is 45.3 Å². The molecule has 1 aliphatic rings. The minimum atomic E-state index is -0.888. The number of aromatic nitrogens is 1. The number of amides is 1. The van der Waals surface area contributed by atoms with Crippen molar-refractivity contribution >= 4 is 23.5 Å². The Labute approximate surface area is 146 Å². The fraction of sp³-hybridized carbons (Fsp3) is 0.588. The number of aryl methyl sites for hydroxylation is 1. The molecule has 0 saturated carbocycles. The summed E-state index contributed by atoms with van der Waals surface area (Å²) in [4.78, 5) is 25.9. The lowest BCUT2D eigenvalue weighted by atomic mass is 9.76. The molecule has 0 aromatic carbocycles. The highest BCUT2D eigenvalue weighted by Gasteiger charge is 2.42. The van der Waals surface area contributed by atoms with E-state index in [4.69, 9.17) is 16.1 Å². The molecule has 0 aliphatic carbocycles. The Morgan fingerprint density at radius 1 is 1.50 bits per heavy atom. The Balaban J connectivity index is 2.00. The third kappa shape index (κ3) is 4.60. The molecule has 24 heavy (non-hydrogen) atoms. The van der Waals surface area contributed by atoms with Crippen LogP contribution in [0.25, 0.3) is 0 Å². The molecule has 1 amide bonds. The van der Waals surface area contributed by atoms with Gasteiger partial charge in [0.2, 0.25) is 5.91 Å². The summed E-state index contributed by atoms with van der Waals surface area (Å²) in [6.45, 7) is 4.75. The Hall–Kier alpha value is -1.82. The fourth-order valence-electron chi connectivity index (χ4n) is 2.97. The second-order valence-electron chi connectivity index (χ2n) is 6.61. The van der Waals surface area contributed by atoms with Gasteiger partial charge < -0.3 is 14.5 Å². The van der Waals surface area contributed by atoms with Crippen LogP contribution in [0.5, 0.6) is 0 Å². The van der Waals surface area contributed by atoms with Crippen molar-refractivity contribution in [1.29, 1.82) is 0 Å². The molecule has 2 heterocycles. The third-order valence-electron chi connectivity index (χ3n) is 4.40. The molecule has 1 N–H and O–H groups in total. The van der Waals surface area contributed by atoms with Crippen LogP contribution in [-0.2, 0) is 16.0 Å². The number of halogens is 1. The zero-order valence-electron chi connectivity index (χ0n) is 14.0. The molecule has 1 unspecified atom stereocenters. The number of carboxylic acids is 1. The minimum Gasteiger partial charge on any atom is -0.481 e. The normalized spacial score (nSPS) is 20.7. The molecular weight excluding hydrogens is 332 g/mol. The minimum absolute atomic E-state index is 0.0648. The van der Waals surface area contributed by atoms with Crippen LogP contribution in [0, 0.1) is 5.41 Å². The first-order valence-corrected chi connectivity index (χ1v) is 8.46. The van der Waals surface area contributed by atoms with Gasteiger partial charge in [-0.05, 0) is 33.1 Å². The molecule has 0 bridgehead atoms. The van der Waals surface area contributed by atoms with Gasteiger partial charge in [0, 0.05) is 32.0 Å². The molecule has 1 saturated heterocycles. The second-order valence-corrected chi connectivity index (χ2v) is 6.99. The van der Waals surface area contributed by atoms with Crippen molar-refractivity contribution < 1.29 is 19.2 Å². The number of carboxylic acid groups (broad SMARTS) is 1. The number of hydrogen-bond acceptors (Lipinski definition) is 4. The number of allylic oxidation sites excluding steroid dienone is 2. The predicted octanol–water partition coefficient (Wildman–Crippen LogP) is 3.31. The average molecular weight is 355 g/mol. The lowest BCUT2D eigenvalue weighted by molar-refractivity contribution is -0.154.